The van der Waals surface area contributed by atoms with Crippen molar-refractivity contribution in [1.29, 1.82) is 0 Å². The van der Waals surface area contributed by atoms with Gasteiger partial charge in [0.05, 0.1) is 12.1 Å². The molecule has 7 heteroatoms. The average Bonchev–Trinajstić information content (AvgIpc) is 2.90. The zero-order chi connectivity index (χ0) is 15.5. The van der Waals surface area contributed by atoms with Gasteiger partial charge in [-0.2, -0.15) is 4.31 Å². The van der Waals surface area contributed by atoms with E-state index in [0.29, 0.717) is 18.6 Å². The Bertz CT molecular complexity index is 663. The number of hydrogen-bond acceptors (Lipinski definition) is 5. The molecule has 1 saturated heterocycles. The molecule has 21 heavy (non-hydrogen) atoms. The van der Waals surface area contributed by atoms with Crippen LogP contribution in [0.2, 0.25) is 0 Å². The number of pyridine rings is 1. The van der Waals surface area contributed by atoms with E-state index in [1.54, 1.807) is 7.05 Å². The summed E-state index contributed by atoms with van der Waals surface area (Å²) in [7, 11) is -2.09. The lowest BCUT2D eigenvalue weighted by atomic mass is 10.2. The molecule has 0 saturated carbocycles. The smallest absolute Gasteiger partial charge is 0.244 e. The molecule has 6 nitrogen and oxygen atoms in total. The minimum atomic E-state index is -3.64. The minimum absolute atomic E-state index is 0.0915. The summed E-state index contributed by atoms with van der Waals surface area (Å²) >= 11 is 0. The number of nitrogens with zero attached hydrogens (tertiary/aromatic N) is 2. The number of ether oxygens (including phenoxy) is 1. The lowest BCUT2D eigenvalue weighted by Crippen LogP contribution is -2.40. The van der Waals surface area contributed by atoms with Crippen molar-refractivity contribution in [2.75, 3.05) is 20.3 Å². The highest BCUT2D eigenvalue weighted by Gasteiger charge is 2.35. The Morgan fingerprint density at radius 2 is 2.29 bits per heavy atom. The van der Waals surface area contributed by atoms with Crippen LogP contribution in [0.3, 0.4) is 0 Å². The van der Waals surface area contributed by atoms with Crippen molar-refractivity contribution in [3.63, 3.8) is 0 Å². The van der Waals surface area contributed by atoms with E-state index in [2.05, 4.69) is 16.8 Å². The van der Waals surface area contributed by atoms with Crippen molar-refractivity contribution in [2.45, 2.75) is 30.4 Å². The summed E-state index contributed by atoms with van der Waals surface area (Å²) in [4.78, 5) is 4.00. The number of likely N-dealkylation sites (N-methyl/N-ethyl adjacent to an activating group) is 1. The summed E-state index contributed by atoms with van der Waals surface area (Å²) in [6.07, 6.45) is 3.31. The summed E-state index contributed by atoms with van der Waals surface area (Å²) in [6, 6.07) is 1.28. The van der Waals surface area contributed by atoms with Gasteiger partial charge in [-0.05, 0) is 19.4 Å². The van der Waals surface area contributed by atoms with Crippen LogP contribution in [0.1, 0.15) is 18.9 Å². The van der Waals surface area contributed by atoms with Gasteiger partial charge in [-0.25, -0.2) is 8.42 Å². The molecule has 0 bridgehead atoms. The fourth-order valence-corrected chi connectivity index (χ4v) is 3.75. The van der Waals surface area contributed by atoms with Crippen LogP contribution in [0.15, 0.2) is 23.4 Å². The molecule has 1 aliphatic heterocycles. The molecule has 2 heterocycles. The topological polar surface area (TPSA) is 79.7 Å². The molecule has 1 aromatic heterocycles. The number of aliphatic hydroxyl groups excluding tert-OH is 1. The molecule has 2 rings (SSSR count). The van der Waals surface area contributed by atoms with Crippen LogP contribution in [-0.4, -0.2) is 55.2 Å². The predicted octanol–water partition coefficient (Wildman–Crippen LogP) is 0.223. The standard InChI is InChI=1S/C14H18N2O4S/c1-11-14(5-7-20-11)16(2)21(18,19)13-8-12(4-3-6-17)9-15-10-13/h8-11,14,17H,5-7H2,1-2H3. The van der Waals surface area contributed by atoms with E-state index in [4.69, 9.17) is 9.84 Å². The number of rotatable bonds is 3. The Hall–Kier alpha value is -1.46. The van der Waals surface area contributed by atoms with Gasteiger partial charge < -0.3 is 9.84 Å². The molecule has 114 valence electrons. The molecule has 1 aromatic rings. The monoisotopic (exact) mass is 310 g/mol. The van der Waals surface area contributed by atoms with Crippen molar-refractivity contribution in [3.05, 3.63) is 24.0 Å². The minimum Gasteiger partial charge on any atom is -0.384 e. The molecule has 0 aromatic carbocycles. The van der Waals surface area contributed by atoms with Crippen molar-refractivity contribution in [1.82, 2.24) is 9.29 Å². The van der Waals surface area contributed by atoms with E-state index >= 15 is 0 Å². The Labute approximate surface area is 124 Å². The molecule has 2 atom stereocenters. The lowest BCUT2D eigenvalue weighted by molar-refractivity contribution is 0.102. The first-order chi connectivity index (χ1) is 9.96. The molecule has 1 N–H and O–H groups in total. The molecular formula is C14H18N2O4S. The summed E-state index contributed by atoms with van der Waals surface area (Å²) in [5.41, 5.74) is 0.453. The van der Waals surface area contributed by atoms with Crippen LogP contribution in [0.25, 0.3) is 0 Å². The molecule has 0 radical (unpaired) electrons. The maximum Gasteiger partial charge on any atom is 0.244 e. The first-order valence-corrected chi connectivity index (χ1v) is 8.05. The summed E-state index contributed by atoms with van der Waals surface area (Å²) in [5, 5.41) is 8.68. The maximum atomic E-state index is 12.6. The summed E-state index contributed by atoms with van der Waals surface area (Å²) in [6.45, 7) is 2.14. The Morgan fingerprint density at radius 1 is 1.52 bits per heavy atom. The number of aromatic nitrogens is 1. The quantitative estimate of drug-likeness (QED) is 0.808. The number of aliphatic hydroxyl groups is 1. The lowest BCUT2D eigenvalue weighted by Gasteiger charge is -2.25. The summed E-state index contributed by atoms with van der Waals surface area (Å²) in [5.74, 6) is 5.13. The number of hydrogen-bond donors (Lipinski definition) is 1. The van der Waals surface area contributed by atoms with Gasteiger partial charge in [-0.3, -0.25) is 4.98 Å². The highest BCUT2D eigenvalue weighted by atomic mass is 32.2. The van der Waals surface area contributed by atoms with E-state index in [1.807, 2.05) is 6.92 Å². The molecule has 2 unspecified atom stereocenters. The Balaban J connectivity index is 2.30. The zero-order valence-corrected chi connectivity index (χ0v) is 12.8. The zero-order valence-electron chi connectivity index (χ0n) is 12.0. The molecule has 0 aliphatic carbocycles. The van der Waals surface area contributed by atoms with Gasteiger partial charge in [0, 0.05) is 31.6 Å². The maximum absolute atomic E-state index is 12.6. The predicted molar refractivity (Wildman–Crippen MR) is 77.0 cm³/mol. The van der Waals surface area contributed by atoms with E-state index < -0.39 is 10.0 Å². The first-order valence-electron chi connectivity index (χ1n) is 6.61. The van der Waals surface area contributed by atoms with E-state index in [9.17, 15) is 8.42 Å². The van der Waals surface area contributed by atoms with Gasteiger partial charge in [0.25, 0.3) is 0 Å². The van der Waals surface area contributed by atoms with Crippen molar-refractivity contribution >= 4 is 10.0 Å². The van der Waals surface area contributed by atoms with Gasteiger partial charge in [0.2, 0.25) is 10.0 Å². The van der Waals surface area contributed by atoms with Crippen LogP contribution in [-0.2, 0) is 14.8 Å². The highest BCUT2D eigenvalue weighted by molar-refractivity contribution is 7.89. The van der Waals surface area contributed by atoms with Crippen LogP contribution in [0.5, 0.6) is 0 Å². The fraction of sp³-hybridized carbons (Fsp3) is 0.500. The van der Waals surface area contributed by atoms with Crippen molar-refractivity contribution in [2.24, 2.45) is 0 Å². The van der Waals surface area contributed by atoms with Crippen LogP contribution in [0, 0.1) is 11.8 Å². The van der Waals surface area contributed by atoms with Crippen molar-refractivity contribution < 1.29 is 18.3 Å². The molecule has 0 spiro atoms. The van der Waals surface area contributed by atoms with Gasteiger partial charge in [-0.1, -0.05) is 11.8 Å². The third-order valence-corrected chi connectivity index (χ3v) is 5.35. The highest BCUT2D eigenvalue weighted by Crippen LogP contribution is 2.24. The van der Waals surface area contributed by atoms with Gasteiger partial charge in [0.15, 0.2) is 0 Å². The van der Waals surface area contributed by atoms with Crippen LogP contribution in [0.4, 0.5) is 0 Å². The fourth-order valence-electron chi connectivity index (χ4n) is 2.31. The Morgan fingerprint density at radius 3 is 2.90 bits per heavy atom. The summed E-state index contributed by atoms with van der Waals surface area (Å²) < 4.78 is 32.0. The van der Waals surface area contributed by atoms with Crippen molar-refractivity contribution in [3.8, 4) is 11.8 Å². The Kier molecular flexibility index (Phi) is 4.96. The van der Waals surface area contributed by atoms with Crippen LogP contribution >= 0.6 is 0 Å². The van der Waals surface area contributed by atoms with Crippen LogP contribution < -0.4 is 0 Å². The number of sulfonamides is 1. The molecule has 1 aliphatic rings. The third kappa shape index (κ3) is 3.41. The van der Waals surface area contributed by atoms with Gasteiger partial charge >= 0.3 is 0 Å². The SMILES string of the molecule is CC1OCCC1N(C)S(=O)(=O)c1cncc(C#CCO)c1. The molecule has 1 fully saturated rings. The second-order valence-electron chi connectivity index (χ2n) is 4.82. The van der Waals surface area contributed by atoms with E-state index in [1.165, 1.54) is 22.8 Å². The average molecular weight is 310 g/mol. The van der Waals surface area contributed by atoms with E-state index in [0.717, 1.165) is 0 Å². The van der Waals surface area contributed by atoms with E-state index in [-0.39, 0.29) is 23.6 Å². The molecular weight excluding hydrogens is 292 g/mol. The third-order valence-electron chi connectivity index (χ3n) is 3.51. The second kappa shape index (κ2) is 6.54. The molecule has 0 amide bonds. The first kappa shape index (κ1) is 15.9. The second-order valence-corrected chi connectivity index (χ2v) is 6.82. The largest absolute Gasteiger partial charge is 0.384 e. The van der Waals surface area contributed by atoms with Gasteiger partial charge in [-0.15, -0.1) is 0 Å². The van der Waals surface area contributed by atoms with Gasteiger partial charge in [0.1, 0.15) is 11.5 Å². The normalized spacial score (nSPS) is 22.1.